The molecule has 212 valence electrons. The van der Waals surface area contributed by atoms with E-state index in [9.17, 15) is 33.1 Å². The summed E-state index contributed by atoms with van der Waals surface area (Å²) in [4.78, 5) is 30.7. The number of aromatic amines is 1. The topological polar surface area (TPSA) is 97.2 Å². The summed E-state index contributed by atoms with van der Waals surface area (Å²) in [5.74, 6) is -0.440. The van der Waals surface area contributed by atoms with Crippen LogP contribution in [0, 0.1) is 11.3 Å². The molecule has 4 rings (SSSR count). The minimum Gasteiger partial charge on any atom is -0.507 e. The van der Waals surface area contributed by atoms with Crippen molar-refractivity contribution in [3.8, 4) is 34.2 Å². The summed E-state index contributed by atoms with van der Waals surface area (Å²) in [5, 5.41) is 22.8. The number of nitrogens with zero attached hydrogens (tertiary/aromatic N) is 2. The second-order valence-electron chi connectivity index (χ2n) is 9.25. The van der Waals surface area contributed by atoms with E-state index in [-0.39, 0.29) is 56.2 Å². The van der Waals surface area contributed by atoms with E-state index >= 15 is 0 Å². The van der Waals surface area contributed by atoms with Crippen LogP contribution in [0.3, 0.4) is 0 Å². The average molecular weight is 620 g/mol. The summed E-state index contributed by atoms with van der Waals surface area (Å²) in [5.41, 5.74) is -2.37. The summed E-state index contributed by atoms with van der Waals surface area (Å²) in [6.45, 7) is 0.00402. The summed E-state index contributed by atoms with van der Waals surface area (Å²) in [7, 11) is 1.59. The minimum absolute atomic E-state index is 0.00402. The Morgan fingerprint density at radius 3 is 2.54 bits per heavy atom. The third-order valence-electron chi connectivity index (χ3n) is 6.40. The number of alkyl halides is 3. The van der Waals surface area contributed by atoms with Crippen LogP contribution < -0.4 is 5.56 Å². The van der Waals surface area contributed by atoms with Gasteiger partial charge in [-0.3, -0.25) is 9.59 Å². The second kappa shape index (κ2) is 12.4. The molecule has 1 amide bonds. The molecule has 2 heterocycles. The predicted molar refractivity (Wildman–Crippen MR) is 153 cm³/mol. The highest BCUT2D eigenvalue weighted by atomic mass is 35.5. The summed E-state index contributed by atoms with van der Waals surface area (Å²) < 4.78 is 40.2. The molecule has 0 aliphatic carbocycles. The minimum atomic E-state index is -4.69. The number of rotatable bonds is 8. The quantitative estimate of drug-likeness (QED) is 0.212. The van der Waals surface area contributed by atoms with Gasteiger partial charge in [-0.2, -0.15) is 18.4 Å². The van der Waals surface area contributed by atoms with Gasteiger partial charge in [-0.05, 0) is 60.7 Å². The van der Waals surface area contributed by atoms with E-state index in [0.29, 0.717) is 12.8 Å². The molecule has 0 unspecified atom stereocenters. The number of nitrogens with one attached hydrogen (secondary N) is 1. The molecular formula is C29H22Cl2F3N3O3S. The molecule has 0 atom stereocenters. The number of aromatic hydroxyl groups is 1. The van der Waals surface area contributed by atoms with Crippen LogP contribution in [0.5, 0.6) is 5.75 Å². The van der Waals surface area contributed by atoms with Gasteiger partial charge in [-0.1, -0.05) is 29.3 Å². The van der Waals surface area contributed by atoms with Gasteiger partial charge in [0.1, 0.15) is 17.4 Å². The molecule has 0 bridgehead atoms. The van der Waals surface area contributed by atoms with Crippen LogP contribution in [0.1, 0.15) is 34.4 Å². The van der Waals surface area contributed by atoms with E-state index in [1.807, 2.05) is 17.5 Å². The lowest BCUT2D eigenvalue weighted by Gasteiger charge is -2.20. The molecule has 41 heavy (non-hydrogen) atoms. The maximum absolute atomic E-state index is 13.4. The van der Waals surface area contributed by atoms with Crippen molar-refractivity contribution >= 4 is 40.4 Å². The molecule has 0 radical (unpaired) electrons. The van der Waals surface area contributed by atoms with Gasteiger partial charge < -0.3 is 15.0 Å². The molecule has 0 fully saturated rings. The Kier molecular flexibility index (Phi) is 9.12. The lowest BCUT2D eigenvalue weighted by atomic mass is 9.96. The fourth-order valence-electron chi connectivity index (χ4n) is 4.32. The van der Waals surface area contributed by atoms with E-state index in [1.54, 1.807) is 24.5 Å². The van der Waals surface area contributed by atoms with Gasteiger partial charge in [-0.15, -0.1) is 11.3 Å². The normalized spacial score (nSPS) is 11.3. The maximum Gasteiger partial charge on any atom is 0.416 e. The van der Waals surface area contributed by atoms with Crippen molar-refractivity contribution in [1.82, 2.24) is 9.88 Å². The molecule has 4 aromatic rings. The number of amides is 1. The highest BCUT2D eigenvalue weighted by molar-refractivity contribution is 7.09. The van der Waals surface area contributed by atoms with Gasteiger partial charge in [0.25, 0.3) is 5.56 Å². The molecule has 2 aromatic carbocycles. The van der Waals surface area contributed by atoms with Crippen molar-refractivity contribution in [3.05, 3.63) is 95.9 Å². The number of phenols is 1. The van der Waals surface area contributed by atoms with Crippen LogP contribution in [-0.4, -0.2) is 27.9 Å². The molecule has 2 N–H and O–H groups in total. The zero-order valence-electron chi connectivity index (χ0n) is 21.5. The Hall–Kier alpha value is -3.78. The van der Waals surface area contributed by atoms with Crippen molar-refractivity contribution in [2.45, 2.75) is 32.0 Å². The number of phenolic OH excluding ortho intramolecular Hbond substituents is 1. The third kappa shape index (κ3) is 6.93. The van der Waals surface area contributed by atoms with Crippen molar-refractivity contribution in [2.75, 3.05) is 7.05 Å². The van der Waals surface area contributed by atoms with E-state index in [4.69, 9.17) is 23.2 Å². The van der Waals surface area contributed by atoms with Crippen LogP contribution >= 0.6 is 34.5 Å². The number of H-pyrrole nitrogens is 1. The average Bonchev–Trinajstić information content (AvgIpc) is 3.43. The molecule has 0 saturated heterocycles. The van der Waals surface area contributed by atoms with Crippen LogP contribution in [0.15, 0.2) is 58.7 Å². The number of hydrogen-bond acceptors (Lipinski definition) is 5. The van der Waals surface area contributed by atoms with Gasteiger partial charge in [0.2, 0.25) is 5.91 Å². The van der Waals surface area contributed by atoms with Crippen LogP contribution in [0.2, 0.25) is 10.0 Å². The monoisotopic (exact) mass is 619 g/mol. The van der Waals surface area contributed by atoms with E-state index in [1.165, 1.54) is 28.0 Å². The zero-order valence-corrected chi connectivity index (χ0v) is 23.8. The highest BCUT2D eigenvalue weighted by Gasteiger charge is 2.31. The summed E-state index contributed by atoms with van der Waals surface area (Å²) in [6.07, 6.45) is -2.96. The SMILES string of the molecule is CN(Cc1cc(Cl)cc(-c2cc(-c3cc(C(F)(F)F)ccc3Cl)c(C#N)c(=O)[nH]2)c1O)C(=O)CCCc1cccs1. The van der Waals surface area contributed by atoms with E-state index < -0.39 is 22.9 Å². The fraction of sp³-hybridized carbons (Fsp3) is 0.207. The van der Waals surface area contributed by atoms with Gasteiger partial charge in [-0.25, -0.2) is 0 Å². The van der Waals surface area contributed by atoms with Crippen molar-refractivity contribution in [2.24, 2.45) is 0 Å². The first-order valence-electron chi connectivity index (χ1n) is 12.2. The molecular weight excluding hydrogens is 598 g/mol. The molecule has 0 spiro atoms. The number of halogens is 5. The first-order valence-corrected chi connectivity index (χ1v) is 13.8. The molecule has 0 aliphatic rings. The Morgan fingerprint density at radius 2 is 1.88 bits per heavy atom. The Labute approximate surface area is 247 Å². The van der Waals surface area contributed by atoms with E-state index in [0.717, 1.165) is 24.6 Å². The Bertz CT molecular complexity index is 1700. The number of carbonyl (C=O) groups excluding carboxylic acids is 1. The third-order valence-corrected chi connectivity index (χ3v) is 7.88. The largest absolute Gasteiger partial charge is 0.507 e. The summed E-state index contributed by atoms with van der Waals surface area (Å²) >= 11 is 14.1. The van der Waals surface area contributed by atoms with Gasteiger partial charge in [0, 0.05) is 57.2 Å². The molecule has 12 heteroatoms. The molecule has 0 aliphatic heterocycles. The number of aromatic nitrogens is 1. The zero-order chi connectivity index (χ0) is 29.9. The highest BCUT2D eigenvalue weighted by Crippen LogP contribution is 2.40. The van der Waals surface area contributed by atoms with Gasteiger partial charge in [0.15, 0.2) is 0 Å². The van der Waals surface area contributed by atoms with Crippen LogP contribution in [0.4, 0.5) is 13.2 Å². The molecule has 2 aromatic heterocycles. The lowest BCUT2D eigenvalue weighted by Crippen LogP contribution is -2.26. The van der Waals surface area contributed by atoms with Crippen LogP contribution in [-0.2, 0) is 23.9 Å². The van der Waals surface area contributed by atoms with Gasteiger partial charge in [0.05, 0.1) is 11.3 Å². The van der Waals surface area contributed by atoms with E-state index in [2.05, 4.69) is 4.98 Å². The fourth-order valence-corrected chi connectivity index (χ4v) is 5.53. The van der Waals surface area contributed by atoms with Crippen molar-refractivity contribution in [3.63, 3.8) is 0 Å². The van der Waals surface area contributed by atoms with Gasteiger partial charge >= 0.3 is 6.18 Å². The van der Waals surface area contributed by atoms with Crippen molar-refractivity contribution in [1.29, 1.82) is 5.26 Å². The second-order valence-corrected chi connectivity index (χ2v) is 11.1. The number of aryl methyl sites for hydroxylation is 1. The number of pyridine rings is 1. The standard InChI is InChI=1S/C29H22Cl2F3N3O3S/c1-37(26(38)6-2-4-19-5-3-9-41-19)15-16-10-18(30)12-22(27(16)39)25-13-20(23(14-35)28(40)36-25)21-11-17(29(32,33)34)7-8-24(21)31/h3,5,7-13,39H,2,4,6,15H2,1H3,(H,36,40). The Balaban J connectivity index is 1.69. The molecule has 6 nitrogen and oxygen atoms in total. The summed E-state index contributed by atoms with van der Waals surface area (Å²) in [6, 6.07) is 12.3. The first-order chi connectivity index (χ1) is 19.4. The molecule has 0 saturated carbocycles. The number of nitriles is 1. The van der Waals surface area contributed by atoms with Crippen molar-refractivity contribution < 1.29 is 23.1 Å². The lowest BCUT2D eigenvalue weighted by molar-refractivity contribution is -0.137. The Morgan fingerprint density at radius 1 is 1.12 bits per heavy atom. The number of benzene rings is 2. The predicted octanol–water partition coefficient (Wildman–Crippen LogP) is 7.65. The number of carbonyl (C=O) groups is 1. The first kappa shape index (κ1) is 30.2. The smallest absolute Gasteiger partial charge is 0.416 e. The number of thiophene rings is 1. The van der Waals surface area contributed by atoms with Crippen LogP contribution in [0.25, 0.3) is 22.4 Å². The maximum atomic E-state index is 13.4. The number of hydrogen-bond donors (Lipinski definition) is 2.